The molecule has 1 aliphatic rings. The molecule has 1 aliphatic carbocycles. The van der Waals surface area contributed by atoms with Crippen molar-refractivity contribution >= 4 is 11.6 Å². The SMILES string of the molecule is CCC1(CC)CC1(Cl)c1c(F)c(F)c(F)c(F)c1F. The van der Waals surface area contributed by atoms with Crippen LogP contribution in [0.5, 0.6) is 0 Å². The van der Waals surface area contributed by atoms with E-state index in [1.807, 2.05) is 0 Å². The molecular weight excluding hydrogens is 287 g/mol. The number of hydrogen-bond acceptors (Lipinski definition) is 0. The fourth-order valence-electron chi connectivity index (χ4n) is 2.79. The van der Waals surface area contributed by atoms with Gasteiger partial charge < -0.3 is 0 Å². The van der Waals surface area contributed by atoms with Gasteiger partial charge in [-0.3, -0.25) is 0 Å². The molecule has 1 aromatic rings. The van der Waals surface area contributed by atoms with Gasteiger partial charge in [-0.1, -0.05) is 13.8 Å². The van der Waals surface area contributed by atoms with Crippen LogP contribution in [0.4, 0.5) is 22.0 Å². The van der Waals surface area contributed by atoms with Gasteiger partial charge in [-0.2, -0.15) is 0 Å². The molecule has 6 heteroatoms. The second-order valence-electron chi connectivity index (χ2n) is 4.91. The van der Waals surface area contributed by atoms with Gasteiger partial charge in [0.25, 0.3) is 0 Å². The first kappa shape index (κ1) is 14.6. The summed E-state index contributed by atoms with van der Waals surface area (Å²) in [6.45, 7) is 3.55. The highest BCUT2D eigenvalue weighted by atomic mass is 35.5. The summed E-state index contributed by atoms with van der Waals surface area (Å²) >= 11 is 6.16. The molecule has 0 nitrogen and oxygen atoms in total. The summed E-state index contributed by atoms with van der Waals surface area (Å²) in [5.41, 5.74) is -1.51. The van der Waals surface area contributed by atoms with Crippen molar-refractivity contribution in [3.8, 4) is 0 Å². The van der Waals surface area contributed by atoms with Crippen molar-refractivity contribution < 1.29 is 22.0 Å². The zero-order valence-electron chi connectivity index (χ0n) is 10.4. The molecule has 2 rings (SSSR count). The van der Waals surface area contributed by atoms with Gasteiger partial charge in [0.05, 0.1) is 10.4 Å². The zero-order chi connectivity index (χ0) is 14.6. The molecule has 1 aromatic carbocycles. The first-order chi connectivity index (χ1) is 8.75. The summed E-state index contributed by atoms with van der Waals surface area (Å²) in [6, 6.07) is 0. The third kappa shape index (κ3) is 1.70. The lowest BCUT2D eigenvalue weighted by molar-refractivity contribution is 0.356. The maximum Gasteiger partial charge on any atom is 0.200 e. The lowest BCUT2D eigenvalue weighted by Crippen LogP contribution is -2.18. The zero-order valence-corrected chi connectivity index (χ0v) is 11.1. The van der Waals surface area contributed by atoms with Crippen LogP contribution >= 0.6 is 11.6 Å². The second-order valence-corrected chi connectivity index (χ2v) is 5.56. The fraction of sp³-hybridized carbons (Fsp3) is 0.538. The van der Waals surface area contributed by atoms with Crippen LogP contribution < -0.4 is 0 Å². The van der Waals surface area contributed by atoms with Crippen LogP contribution in [0, 0.1) is 34.5 Å². The van der Waals surface area contributed by atoms with Gasteiger partial charge in [0.1, 0.15) is 0 Å². The quantitative estimate of drug-likeness (QED) is 0.318. The van der Waals surface area contributed by atoms with Gasteiger partial charge in [0, 0.05) is 0 Å². The number of rotatable bonds is 3. The molecule has 0 saturated heterocycles. The van der Waals surface area contributed by atoms with Gasteiger partial charge in [0.15, 0.2) is 23.3 Å². The lowest BCUT2D eigenvalue weighted by atomic mass is 9.92. The van der Waals surface area contributed by atoms with E-state index in [0.717, 1.165) is 0 Å². The molecule has 1 fully saturated rings. The summed E-state index contributed by atoms with van der Waals surface area (Å²) in [7, 11) is 0. The Kier molecular flexibility index (Phi) is 3.32. The minimum absolute atomic E-state index is 0.201. The Labute approximate surface area is 112 Å². The molecule has 0 aromatic heterocycles. The average Bonchev–Trinajstić information content (AvgIpc) is 3.01. The second kappa shape index (κ2) is 4.33. The standard InChI is InChI=1S/C13H12ClF5/c1-3-12(4-2)5-13(12,14)6-7(15)9(17)11(19)10(18)8(6)16/h3-5H2,1-2H3. The molecule has 106 valence electrons. The Balaban J connectivity index is 2.67. The van der Waals surface area contributed by atoms with Gasteiger partial charge in [-0.25, -0.2) is 22.0 Å². The van der Waals surface area contributed by atoms with Crippen molar-refractivity contribution in [3.05, 3.63) is 34.6 Å². The smallest absolute Gasteiger partial charge is 0.200 e. The number of alkyl halides is 1. The van der Waals surface area contributed by atoms with Crippen LogP contribution in [0.3, 0.4) is 0 Å². The van der Waals surface area contributed by atoms with Crippen molar-refractivity contribution in [2.24, 2.45) is 5.41 Å². The Morgan fingerprint density at radius 3 is 1.53 bits per heavy atom. The van der Waals surface area contributed by atoms with E-state index in [4.69, 9.17) is 11.6 Å². The monoisotopic (exact) mass is 298 g/mol. The number of benzene rings is 1. The van der Waals surface area contributed by atoms with Crippen molar-refractivity contribution in [2.75, 3.05) is 0 Å². The van der Waals surface area contributed by atoms with Gasteiger partial charge in [-0.05, 0) is 24.7 Å². The Morgan fingerprint density at radius 2 is 1.21 bits per heavy atom. The third-order valence-corrected chi connectivity index (χ3v) is 4.98. The molecule has 1 atom stereocenters. The van der Waals surface area contributed by atoms with Crippen LogP contribution in [0.15, 0.2) is 0 Å². The summed E-state index contributed by atoms with van der Waals surface area (Å²) in [6.07, 6.45) is 1.21. The van der Waals surface area contributed by atoms with Gasteiger partial charge in [0.2, 0.25) is 5.82 Å². The molecule has 0 aliphatic heterocycles. The maximum absolute atomic E-state index is 13.7. The fourth-order valence-corrected chi connectivity index (χ4v) is 3.48. The van der Waals surface area contributed by atoms with Gasteiger partial charge in [-0.15, -0.1) is 11.6 Å². The molecule has 0 amide bonds. The van der Waals surface area contributed by atoms with Crippen LogP contribution in [0.1, 0.15) is 38.7 Å². The predicted molar refractivity (Wildman–Crippen MR) is 61.4 cm³/mol. The summed E-state index contributed by atoms with van der Waals surface area (Å²) in [4.78, 5) is -1.51. The van der Waals surface area contributed by atoms with Crippen LogP contribution in [0.25, 0.3) is 0 Å². The molecule has 0 bridgehead atoms. The molecule has 1 unspecified atom stereocenters. The van der Waals surface area contributed by atoms with Crippen LogP contribution in [0.2, 0.25) is 0 Å². The molecular formula is C13H12ClF5. The minimum Gasteiger partial charge on any atom is -0.203 e. The van der Waals surface area contributed by atoms with E-state index < -0.39 is 44.9 Å². The van der Waals surface area contributed by atoms with Crippen molar-refractivity contribution in [1.29, 1.82) is 0 Å². The third-order valence-electron chi connectivity index (χ3n) is 4.26. The topological polar surface area (TPSA) is 0 Å². The van der Waals surface area contributed by atoms with E-state index in [1.165, 1.54) is 0 Å². The molecule has 0 spiro atoms. The van der Waals surface area contributed by atoms with Crippen LogP contribution in [-0.4, -0.2) is 0 Å². The minimum atomic E-state index is -2.15. The Morgan fingerprint density at radius 1 is 0.842 bits per heavy atom. The largest absolute Gasteiger partial charge is 0.203 e. The van der Waals surface area contributed by atoms with E-state index in [1.54, 1.807) is 13.8 Å². The summed E-state index contributed by atoms with van der Waals surface area (Å²) in [5.74, 6) is -9.69. The average molecular weight is 299 g/mol. The Hall–Kier alpha value is -0.840. The van der Waals surface area contributed by atoms with E-state index >= 15 is 0 Å². The normalized spacial score (nSPS) is 24.6. The first-order valence-corrected chi connectivity index (χ1v) is 6.34. The van der Waals surface area contributed by atoms with E-state index in [2.05, 4.69) is 0 Å². The van der Waals surface area contributed by atoms with E-state index in [-0.39, 0.29) is 6.42 Å². The van der Waals surface area contributed by atoms with Crippen molar-refractivity contribution in [3.63, 3.8) is 0 Å². The van der Waals surface area contributed by atoms with Crippen molar-refractivity contribution in [1.82, 2.24) is 0 Å². The Bertz CT molecular complexity index is 509. The highest BCUT2D eigenvalue weighted by Crippen LogP contribution is 2.71. The highest BCUT2D eigenvalue weighted by Gasteiger charge is 2.67. The predicted octanol–water partition coefficient (Wildman–Crippen LogP) is 5.03. The molecule has 1 saturated carbocycles. The van der Waals surface area contributed by atoms with E-state index in [0.29, 0.717) is 12.8 Å². The molecule has 19 heavy (non-hydrogen) atoms. The molecule has 0 heterocycles. The summed E-state index contributed by atoms with van der Waals surface area (Å²) in [5, 5.41) is 0. The van der Waals surface area contributed by atoms with Crippen molar-refractivity contribution in [2.45, 2.75) is 38.0 Å². The molecule has 0 radical (unpaired) electrons. The molecule has 0 N–H and O–H groups in total. The maximum atomic E-state index is 13.7. The van der Waals surface area contributed by atoms with Crippen LogP contribution in [-0.2, 0) is 4.87 Å². The highest BCUT2D eigenvalue weighted by molar-refractivity contribution is 6.27. The van der Waals surface area contributed by atoms with E-state index in [9.17, 15) is 22.0 Å². The summed E-state index contributed by atoms with van der Waals surface area (Å²) < 4.78 is 66.9. The number of hydrogen-bond donors (Lipinski definition) is 0. The first-order valence-electron chi connectivity index (χ1n) is 5.96. The van der Waals surface area contributed by atoms with Gasteiger partial charge >= 0.3 is 0 Å². The number of halogens is 6. The lowest BCUT2D eigenvalue weighted by Gasteiger charge is -2.20.